The molecule has 2 aliphatic rings. The number of rotatable bonds is 7. The highest BCUT2D eigenvalue weighted by Crippen LogP contribution is 2.34. The van der Waals surface area contributed by atoms with Gasteiger partial charge in [0.1, 0.15) is 28.8 Å². The van der Waals surface area contributed by atoms with Gasteiger partial charge in [-0.3, -0.25) is 4.79 Å². The van der Waals surface area contributed by atoms with Crippen molar-refractivity contribution in [2.45, 2.75) is 12.2 Å². The lowest BCUT2D eigenvalue weighted by molar-refractivity contribution is -0.125. The summed E-state index contributed by atoms with van der Waals surface area (Å²) in [5.74, 6) is 1.56. The van der Waals surface area contributed by atoms with Crippen LogP contribution in [0.3, 0.4) is 0 Å². The van der Waals surface area contributed by atoms with Crippen LogP contribution in [0.2, 0.25) is 5.02 Å². The number of benzene rings is 1. The number of nitrogens with one attached hydrogen (secondary N) is 2. The van der Waals surface area contributed by atoms with Gasteiger partial charge in [-0.25, -0.2) is 4.98 Å². The van der Waals surface area contributed by atoms with E-state index in [2.05, 4.69) is 20.6 Å². The van der Waals surface area contributed by atoms with Gasteiger partial charge in [0.05, 0.1) is 38.2 Å². The van der Waals surface area contributed by atoms with Crippen LogP contribution in [0, 0.1) is 0 Å². The Labute approximate surface area is 173 Å². The molecular weight excluding hydrogens is 398 g/mol. The Bertz CT molecular complexity index is 880. The highest BCUT2D eigenvalue weighted by molar-refractivity contribution is 6.32. The standard InChI is InChI=1S/C19H22ClN5O4/c1-21-18-14(20)7-22-19(24-18)23-15-3-2-12(6-16(15)29-13-9-27-10-13)17-8-25(11-26)4-5-28-17/h2-3,6-7,11,13,17H,4-5,8-10H2,1H3,(H2,21,22,23,24). The average Bonchev–Trinajstić information content (AvgIpc) is 2.73. The third-order valence-electron chi connectivity index (χ3n) is 4.75. The van der Waals surface area contributed by atoms with Crippen LogP contribution in [0.15, 0.2) is 24.4 Å². The summed E-state index contributed by atoms with van der Waals surface area (Å²) < 4.78 is 17.2. The van der Waals surface area contributed by atoms with Crippen molar-refractivity contribution in [3.8, 4) is 5.75 Å². The molecule has 0 saturated carbocycles. The van der Waals surface area contributed by atoms with Gasteiger partial charge in [0, 0.05) is 13.6 Å². The predicted octanol–water partition coefficient (Wildman–Crippen LogP) is 2.22. The largest absolute Gasteiger partial charge is 0.483 e. The van der Waals surface area contributed by atoms with Crippen molar-refractivity contribution in [2.24, 2.45) is 0 Å². The lowest BCUT2D eigenvalue weighted by Gasteiger charge is -2.31. The number of anilines is 3. The number of halogens is 1. The van der Waals surface area contributed by atoms with Crippen molar-refractivity contribution in [1.82, 2.24) is 14.9 Å². The number of ether oxygens (including phenoxy) is 3. The first-order chi connectivity index (χ1) is 14.2. The number of amides is 1. The molecule has 1 aromatic heterocycles. The van der Waals surface area contributed by atoms with Gasteiger partial charge in [-0.1, -0.05) is 17.7 Å². The van der Waals surface area contributed by atoms with Crippen molar-refractivity contribution in [3.05, 3.63) is 35.0 Å². The summed E-state index contributed by atoms with van der Waals surface area (Å²) in [6, 6.07) is 5.76. The maximum atomic E-state index is 11.1. The molecule has 3 heterocycles. The molecule has 0 radical (unpaired) electrons. The number of aromatic nitrogens is 2. The van der Waals surface area contributed by atoms with E-state index >= 15 is 0 Å². The maximum absolute atomic E-state index is 11.1. The van der Waals surface area contributed by atoms with Crippen LogP contribution in [0.25, 0.3) is 0 Å². The fourth-order valence-electron chi connectivity index (χ4n) is 3.09. The molecule has 2 aliphatic heterocycles. The minimum absolute atomic E-state index is 0.0106. The van der Waals surface area contributed by atoms with E-state index in [0.717, 1.165) is 12.0 Å². The van der Waals surface area contributed by atoms with Gasteiger partial charge >= 0.3 is 0 Å². The van der Waals surface area contributed by atoms with E-state index in [0.29, 0.717) is 61.1 Å². The van der Waals surface area contributed by atoms with Gasteiger partial charge in [0.2, 0.25) is 12.4 Å². The first-order valence-corrected chi connectivity index (χ1v) is 9.70. The fraction of sp³-hybridized carbons (Fsp3) is 0.421. The highest BCUT2D eigenvalue weighted by atomic mass is 35.5. The molecule has 1 amide bonds. The van der Waals surface area contributed by atoms with Crippen molar-refractivity contribution < 1.29 is 19.0 Å². The monoisotopic (exact) mass is 419 g/mol. The molecule has 154 valence electrons. The summed E-state index contributed by atoms with van der Waals surface area (Å²) in [4.78, 5) is 21.4. The normalized spacial score (nSPS) is 19.4. The molecule has 2 fully saturated rings. The number of carbonyl (C=O) groups excluding carboxylic acids is 1. The number of carbonyl (C=O) groups is 1. The number of hydrogen-bond acceptors (Lipinski definition) is 8. The Hall–Kier alpha value is -2.62. The summed E-state index contributed by atoms with van der Waals surface area (Å²) in [5, 5.41) is 6.55. The Morgan fingerprint density at radius 2 is 2.24 bits per heavy atom. The Kier molecular flexibility index (Phi) is 5.98. The number of nitrogens with zero attached hydrogens (tertiary/aromatic N) is 3. The van der Waals surface area contributed by atoms with Crippen LogP contribution in [0.5, 0.6) is 5.75 Å². The minimum Gasteiger partial charge on any atom is -0.483 e. The van der Waals surface area contributed by atoms with E-state index in [9.17, 15) is 4.79 Å². The second-order valence-electron chi connectivity index (χ2n) is 6.76. The molecule has 2 saturated heterocycles. The molecule has 4 rings (SSSR count). The van der Waals surface area contributed by atoms with Crippen molar-refractivity contribution in [1.29, 1.82) is 0 Å². The fourth-order valence-corrected chi connectivity index (χ4v) is 3.28. The number of hydrogen-bond donors (Lipinski definition) is 2. The van der Waals surface area contributed by atoms with Gasteiger partial charge in [-0.2, -0.15) is 4.98 Å². The van der Waals surface area contributed by atoms with Gasteiger partial charge < -0.3 is 29.7 Å². The van der Waals surface area contributed by atoms with Gasteiger partial charge in [0.15, 0.2) is 0 Å². The van der Waals surface area contributed by atoms with Crippen molar-refractivity contribution >= 4 is 35.5 Å². The molecule has 10 heteroatoms. The Morgan fingerprint density at radius 3 is 2.97 bits per heavy atom. The van der Waals surface area contributed by atoms with E-state index in [-0.39, 0.29) is 12.2 Å². The van der Waals surface area contributed by atoms with Crippen LogP contribution < -0.4 is 15.4 Å². The summed E-state index contributed by atoms with van der Waals surface area (Å²) >= 11 is 6.06. The maximum Gasteiger partial charge on any atom is 0.229 e. The lowest BCUT2D eigenvalue weighted by atomic mass is 10.1. The molecule has 9 nitrogen and oxygen atoms in total. The molecular formula is C19H22ClN5O4. The zero-order valence-electron chi connectivity index (χ0n) is 15.9. The predicted molar refractivity (Wildman–Crippen MR) is 108 cm³/mol. The Morgan fingerprint density at radius 1 is 1.38 bits per heavy atom. The zero-order valence-corrected chi connectivity index (χ0v) is 16.7. The summed E-state index contributed by atoms with van der Waals surface area (Å²) in [5.41, 5.74) is 1.65. The second-order valence-corrected chi connectivity index (χ2v) is 7.17. The summed E-state index contributed by atoms with van der Waals surface area (Å²) in [7, 11) is 1.74. The van der Waals surface area contributed by atoms with E-state index < -0.39 is 0 Å². The van der Waals surface area contributed by atoms with Gasteiger partial charge in [-0.15, -0.1) is 0 Å². The zero-order chi connectivity index (χ0) is 20.2. The second kappa shape index (κ2) is 8.81. The van der Waals surface area contributed by atoms with Crippen LogP contribution in [0.4, 0.5) is 17.5 Å². The quantitative estimate of drug-likeness (QED) is 0.659. The third-order valence-corrected chi connectivity index (χ3v) is 5.03. The average molecular weight is 420 g/mol. The van der Waals surface area contributed by atoms with E-state index in [1.807, 2.05) is 18.2 Å². The molecule has 1 unspecified atom stereocenters. The van der Waals surface area contributed by atoms with Crippen LogP contribution in [-0.4, -0.2) is 67.3 Å². The molecule has 0 bridgehead atoms. The summed E-state index contributed by atoms with van der Waals surface area (Å²) in [6.07, 6.45) is 2.17. The first-order valence-electron chi connectivity index (χ1n) is 9.33. The van der Waals surface area contributed by atoms with E-state index in [1.165, 1.54) is 6.20 Å². The molecule has 1 atom stereocenters. The number of morpholine rings is 1. The third kappa shape index (κ3) is 4.52. The molecule has 0 spiro atoms. The summed E-state index contributed by atoms with van der Waals surface area (Å²) in [6.45, 7) is 2.70. The Balaban J connectivity index is 1.59. The van der Waals surface area contributed by atoms with Crippen LogP contribution >= 0.6 is 11.6 Å². The molecule has 0 aliphatic carbocycles. The van der Waals surface area contributed by atoms with Crippen LogP contribution in [-0.2, 0) is 14.3 Å². The SMILES string of the molecule is CNc1nc(Nc2ccc(C3CN(C=O)CCO3)cc2OC2COC2)ncc1Cl. The van der Waals surface area contributed by atoms with Crippen molar-refractivity contribution in [3.63, 3.8) is 0 Å². The highest BCUT2D eigenvalue weighted by Gasteiger charge is 2.25. The van der Waals surface area contributed by atoms with Crippen LogP contribution in [0.1, 0.15) is 11.7 Å². The molecule has 2 N–H and O–H groups in total. The smallest absolute Gasteiger partial charge is 0.229 e. The van der Waals surface area contributed by atoms with Gasteiger partial charge in [0.25, 0.3) is 0 Å². The molecule has 1 aromatic carbocycles. The molecule has 2 aromatic rings. The van der Waals surface area contributed by atoms with E-state index in [4.69, 9.17) is 25.8 Å². The topological polar surface area (TPSA) is 97.8 Å². The van der Waals surface area contributed by atoms with E-state index in [1.54, 1.807) is 11.9 Å². The first kappa shape index (κ1) is 19.7. The lowest BCUT2D eigenvalue weighted by Crippen LogP contribution is -2.39. The minimum atomic E-state index is -0.203. The van der Waals surface area contributed by atoms with Gasteiger partial charge in [-0.05, 0) is 17.7 Å². The van der Waals surface area contributed by atoms with Crippen molar-refractivity contribution in [2.75, 3.05) is 50.6 Å². The molecule has 29 heavy (non-hydrogen) atoms.